The SMILES string of the molecule is CN(C(=O)N(C)[C@@H]1CN(C(=O)[C@H]2CC[C@H](CNC(=O)OC(C)(C)C)CC2)C[C@H]1c1ccc(F)cc1)c1cc(C(F)(F)F)cc(C(F)(F)F)c1. The number of amides is 4. The van der Waals surface area contributed by atoms with Crippen LogP contribution in [0, 0.1) is 17.7 Å². The highest BCUT2D eigenvalue weighted by atomic mass is 19.4. The number of rotatable bonds is 6. The zero-order chi connectivity index (χ0) is 36.5. The first-order chi connectivity index (χ1) is 22.6. The zero-order valence-corrected chi connectivity index (χ0v) is 27.9. The molecule has 8 nitrogen and oxygen atoms in total. The molecule has 1 saturated heterocycles. The molecule has 1 saturated carbocycles. The Bertz CT molecular complexity index is 1470. The highest BCUT2D eigenvalue weighted by Gasteiger charge is 2.43. The van der Waals surface area contributed by atoms with Gasteiger partial charge in [-0.25, -0.2) is 14.0 Å². The van der Waals surface area contributed by atoms with Crippen LogP contribution in [0.25, 0.3) is 0 Å². The van der Waals surface area contributed by atoms with Crippen LogP contribution in [0.2, 0.25) is 0 Å². The number of carbonyl (C=O) groups excluding carboxylic acids is 3. The molecule has 1 aliphatic heterocycles. The standard InChI is InChI=1S/C34H41F7N4O4/c1-32(2,3)49-30(47)42-17-20-6-8-22(9-7-20)29(46)45-18-27(21-10-12-25(35)13-11-21)28(19-45)44(5)31(48)43(4)26-15-23(33(36,37)38)14-24(16-26)34(39,40)41/h10-16,20,22,27-28H,6-9,17-19H2,1-5H3,(H,42,47)/t20-,22-,27-,28+/m0/s1. The van der Waals surface area contributed by atoms with Crippen molar-refractivity contribution < 1.29 is 49.9 Å². The van der Waals surface area contributed by atoms with Gasteiger partial charge >= 0.3 is 24.5 Å². The van der Waals surface area contributed by atoms with Crippen LogP contribution in [0.15, 0.2) is 42.5 Å². The molecule has 0 radical (unpaired) electrons. The minimum absolute atomic E-state index is 0.0123. The average Bonchev–Trinajstić information content (AvgIpc) is 3.46. The van der Waals surface area contributed by atoms with Gasteiger partial charge in [-0.1, -0.05) is 12.1 Å². The second-order valence-electron chi connectivity index (χ2n) is 13.8. The number of anilines is 1. The van der Waals surface area contributed by atoms with E-state index in [1.165, 1.54) is 36.2 Å². The number of urea groups is 1. The van der Waals surface area contributed by atoms with Gasteiger partial charge in [-0.05, 0) is 88.3 Å². The number of benzene rings is 2. The van der Waals surface area contributed by atoms with E-state index in [2.05, 4.69) is 5.32 Å². The molecule has 4 amide bonds. The molecule has 4 rings (SSSR count). The van der Waals surface area contributed by atoms with Crippen molar-refractivity contribution in [3.8, 4) is 0 Å². The molecule has 2 atom stereocenters. The normalized spacial score (nSPS) is 21.7. The fourth-order valence-electron chi connectivity index (χ4n) is 6.43. The van der Waals surface area contributed by atoms with Crippen LogP contribution in [-0.2, 0) is 21.9 Å². The van der Waals surface area contributed by atoms with E-state index in [0.29, 0.717) is 54.8 Å². The van der Waals surface area contributed by atoms with Gasteiger partial charge in [-0.2, -0.15) is 26.3 Å². The molecule has 49 heavy (non-hydrogen) atoms. The third-order valence-electron chi connectivity index (χ3n) is 9.07. The number of alkyl carbamates (subject to hydrolysis) is 1. The molecule has 0 unspecified atom stereocenters. The van der Waals surface area contributed by atoms with Gasteiger partial charge in [0, 0.05) is 51.3 Å². The van der Waals surface area contributed by atoms with Gasteiger partial charge < -0.3 is 19.9 Å². The lowest BCUT2D eigenvalue weighted by Gasteiger charge is -2.33. The summed E-state index contributed by atoms with van der Waals surface area (Å²) in [5, 5.41) is 2.77. The molecule has 2 aromatic rings. The second kappa shape index (κ2) is 14.4. The van der Waals surface area contributed by atoms with Gasteiger partial charge in [-0.3, -0.25) is 9.69 Å². The van der Waals surface area contributed by atoms with Gasteiger partial charge in [-0.15, -0.1) is 0 Å². The van der Waals surface area contributed by atoms with Crippen molar-refractivity contribution in [2.45, 2.75) is 76.4 Å². The summed E-state index contributed by atoms with van der Waals surface area (Å²) in [6, 6.07) is 4.83. The zero-order valence-electron chi connectivity index (χ0n) is 27.9. The Morgan fingerprint density at radius 2 is 1.41 bits per heavy atom. The van der Waals surface area contributed by atoms with Crippen LogP contribution in [0.5, 0.6) is 0 Å². The second-order valence-corrected chi connectivity index (χ2v) is 13.8. The van der Waals surface area contributed by atoms with Crippen molar-refractivity contribution >= 4 is 23.7 Å². The summed E-state index contributed by atoms with van der Waals surface area (Å²) in [6.45, 7) is 5.92. The number of nitrogens with one attached hydrogen (secondary N) is 1. The molecule has 2 aliphatic rings. The molecule has 0 aromatic heterocycles. The Hall–Kier alpha value is -4.04. The smallest absolute Gasteiger partial charge is 0.416 e. The predicted octanol–water partition coefficient (Wildman–Crippen LogP) is 7.68. The maximum Gasteiger partial charge on any atom is 0.416 e. The van der Waals surface area contributed by atoms with Gasteiger partial charge in [0.05, 0.1) is 17.2 Å². The lowest BCUT2D eigenvalue weighted by atomic mass is 9.81. The molecule has 15 heteroatoms. The van der Waals surface area contributed by atoms with Crippen molar-refractivity contribution in [3.05, 3.63) is 65.0 Å². The summed E-state index contributed by atoms with van der Waals surface area (Å²) in [5.41, 5.74) is -3.75. The number of likely N-dealkylation sites (N-methyl/N-ethyl adjacent to an activating group) is 1. The Morgan fingerprint density at radius 3 is 1.92 bits per heavy atom. The van der Waals surface area contributed by atoms with Crippen LogP contribution in [0.4, 0.5) is 46.0 Å². The lowest BCUT2D eigenvalue weighted by Crippen LogP contribution is -2.48. The van der Waals surface area contributed by atoms with E-state index in [1.54, 1.807) is 25.7 Å². The molecule has 1 N–H and O–H groups in total. The number of likely N-dealkylation sites (tertiary alicyclic amines) is 1. The highest BCUT2D eigenvalue weighted by molar-refractivity contribution is 5.92. The van der Waals surface area contributed by atoms with E-state index in [9.17, 15) is 45.1 Å². The van der Waals surface area contributed by atoms with Crippen LogP contribution < -0.4 is 10.2 Å². The number of carbonyl (C=O) groups is 3. The Labute approximate surface area is 280 Å². The Morgan fingerprint density at radius 1 is 0.857 bits per heavy atom. The first-order valence-corrected chi connectivity index (χ1v) is 15.9. The number of ether oxygens (including phenoxy) is 1. The number of halogens is 7. The molecule has 2 fully saturated rings. The van der Waals surface area contributed by atoms with Crippen molar-refractivity contribution in [3.63, 3.8) is 0 Å². The number of nitrogens with zero attached hydrogens (tertiary/aromatic N) is 3. The number of hydrogen-bond acceptors (Lipinski definition) is 4. The Kier molecular flexibility index (Phi) is 11.1. The molecule has 1 heterocycles. The van der Waals surface area contributed by atoms with Crippen LogP contribution in [0.1, 0.15) is 69.1 Å². The van der Waals surface area contributed by atoms with Gasteiger partial charge in [0.1, 0.15) is 11.4 Å². The number of alkyl halides is 6. The first-order valence-electron chi connectivity index (χ1n) is 15.9. The maximum absolute atomic E-state index is 13.8. The van der Waals surface area contributed by atoms with E-state index < -0.39 is 64.7 Å². The average molecular weight is 703 g/mol. The summed E-state index contributed by atoms with van der Waals surface area (Å²) in [5.74, 6) is -1.33. The van der Waals surface area contributed by atoms with Gasteiger partial charge in [0.2, 0.25) is 5.91 Å². The van der Waals surface area contributed by atoms with E-state index in [1.807, 2.05) is 0 Å². The molecular weight excluding hydrogens is 661 g/mol. The molecule has 0 spiro atoms. The maximum atomic E-state index is 13.8. The van der Waals surface area contributed by atoms with E-state index in [4.69, 9.17) is 4.74 Å². The van der Waals surface area contributed by atoms with Crippen LogP contribution in [-0.4, -0.2) is 73.2 Å². The van der Waals surface area contributed by atoms with E-state index in [0.717, 1.165) is 7.05 Å². The molecule has 1 aliphatic carbocycles. The monoisotopic (exact) mass is 702 g/mol. The van der Waals surface area contributed by atoms with Crippen molar-refractivity contribution in [1.82, 2.24) is 15.1 Å². The molecular formula is C34H41F7N4O4. The van der Waals surface area contributed by atoms with E-state index >= 15 is 0 Å². The van der Waals surface area contributed by atoms with E-state index in [-0.39, 0.29) is 36.9 Å². The van der Waals surface area contributed by atoms with Crippen LogP contribution >= 0.6 is 0 Å². The third kappa shape index (κ3) is 9.56. The highest BCUT2D eigenvalue weighted by Crippen LogP contribution is 2.40. The molecule has 2 aromatic carbocycles. The van der Waals surface area contributed by atoms with Crippen molar-refractivity contribution in [1.29, 1.82) is 0 Å². The molecule has 270 valence electrons. The largest absolute Gasteiger partial charge is 0.444 e. The van der Waals surface area contributed by atoms with Crippen molar-refractivity contribution in [2.75, 3.05) is 38.6 Å². The topological polar surface area (TPSA) is 82.2 Å². The summed E-state index contributed by atoms with van der Waals surface area (Å²) < 4.78 is 100. The fourth-order valence-corrected chi connectivity index (χ4v) is 6.43. The van der Waals surface area contributed by atoms with Gasteiger partial charge in [0.15, 0.2) is 0 Å². The quantitative estimate of drug-likeness (QED) is 0.314. The summed E-state index contributed by atoms with van der Waals surface area (Å²) in [4.78, 5) is 43.0. The van der Waals surface area contributed by atoms with Crippen LogP contribution in [0.3, 0.4) is 0 Å². The summed E-state index contributed by atoms with van der Waals surface area (Å²) in [7, 11) is 2.45. The lowest BCUT2D eigenvalue weighted by molar-refractivity contribution is -0.143. The first kappa shape index (κ1) is 37.8. The van der Waals surface area contributed by atoms with Crippen molar-refractivity contribution in [2.24, 2.45) is 11.8 Å². The fraction of sp³-hybridized carbons (Fsp3) is 0.559. The number of hydrogen-bond donors (Lipinski definition) is 1. The molecule has 0 bridgehead atoms. The predicted molar refractivity (Wildman–Crippen MR) is 167 cm³/mol. The minimum atomic E-state index is -5.10. The van der Waals surface area contributed by atoms with Gasteiger partial charge in [0.25, 0.3) is 0 Å². The summed E-state index contributed by atoms with van der Waals surface area (Å²) >= 11 is 0. The Balaban J connectivity index is 1.50. The third-order valence-corrected chi connectivity index (χ3v) is 9.07. The minimum Gasteiger partial charge on any atom is -0.444 e. The summed E-state index contributed by atoms with van der Waals surface area (Å²) in [6.07, 6.45) is -8.21.